The Morgan fingerprint density at radius 1 is 1.50 bits per heavy atom. The number of allylic oxidation sites excluding steroid dienone is 1. The summed E-state index contributed by atoms with van der Waals surface area (Å²) < 4.78 is 1.96. The summed E-state index contributed by atoms with van der Waals surface area (Å²) in [5.41, 5.74) is 3.74. The van der Waals surface area contributed by atoms with Gasteiger partial charge in [0.25, 0.3) is 0 Å². The fraction of sp³-hybridized carbons (Fsp3) is 0.615. The maximum Gasteiger partial charge on any atom is 0.0644 e. The van der Waals surface area contributed by atoms with Crippen LogP contribution in [-0.4, -0.2) is 16.3 Å². The van der Waals surface area contributed by atoms with Crippen LogP contribution in [0.3, 0.4) is 0 Å². The van der Waals surface area contributed by atoms with Crippen LogP contribution < -0.4 is 5.32 Å². The molecule has 0 amide bonds. The smallest absolute Gasteiger partial charge is 0.0644 e. The zero-order valence-corrected chi connectivity index (χ0v) is 10.9. The van der Waals surface area contributed by atoms with E-state index in [-0.39, 0.29) is 0 Å². The van der Waals surface area contributed by atoms with Gasteiger partial charge in [0.2, 0.25) is 0 Å². The Hall–Kier alpha value is -1.09. The molecule has 0 spiro atoms. The van der Waals surface area contributed by atoms with Crippen LogP contribution in [0.4, 0.5) is 0 Å². The third-order valence-electron chi connectivity index (χ3n) is 3.02. The molecule has 3 heteroatoms. The van der Waals surface area contributed by atoms with Gasteiger partial charge in [-0.15, -0.1) is 6.58 Å². The molecule has 0 aliphatic rings. The van der Waals surface area contributed by atoms with Crippen LogP contribution in [0.5, 0.6) is 0 Å². The second kappa shape index (κ2) is 5.85. The molecule has 0 aliphatic heterocycles. The topological polar surface area (TPSA) is 29.9 Å². The highest BCUT2D eigenvalue weighted by atomic mass is 15.3. The predicted octanol–water partition coefficient (Wildman–Crippen LogP) is 2.65. The minimum Gasteiger partial charge on any atom is -0.310 e. The van der Waals surface area contributed by atoms with E-state index in [4.69, 9.17) is 0 Å². The van der Waals surface area contributed by atoms with Gasteiger partial charge in [0.05, 0.1) is 5.69 Å². The van der Waals surface area contributed by atoms with Crippen LogP contribution in [0.1, 0.15) is 42.8 Å². The molecule has 16 heavy (non-hydrogen) atoms. The average Bonchev–Trinajstić information content (AvgIpc) is 2.49. The van der Waals surface area contributed by atoms with E-state index < -0.39 is 0 Å². The molecule has 90 valence electrons. The van der Waals surface area contributed by atoms with E-state index in [0.29, 0.717) is 6.04 Å². The first-order valence-corrected chi connectivity index (χ1v) is 5.96. The number of nitrogens with one attached hydrogen (secondary N) is 1. The van der Waals surface area contributed by atoms with Gasteiger partial charge in [-0.05, 0) is 33.2 Å². The maximum absolute atomic E-state index is 4.47. The first kappa shape index (κ1) is 13.0. The fourth-order valence-corrected chi connectivity index (χ4v) is 2.17. The number of rotatable bonds is 6. The van der Waals surface area contributed by atoms with E-state index in [9.17, 15) is 0 Å². The lowest BCUT2D eigenvalue weighted by molar-refractivity contribution is 0.514. The van der Waals surface area contributed by atoms with Crippen molar-refractivity contribution in [3.05, 3.63) is 29.6 Å². The monoisotopic (exact) mass is 221 g/mol. The molecule has 3 nitrogen and oxygen atoms in total. The molecular weight excluding hydrogens is 198 g/mol. The molecule has 1 aromatic heterocycles. The van der Waals surface area contributed by atoms with Crippen LogP contribution in [0.25, 0.3) is 0 Å². The minimum atomic E-state index is 0.400. The van der Waals surface area contributed by atoms with Gasteiger partial charge in [-0.2, -0.15) is 5.10 Å². The number of hydrogen-bond acceptors (Lipinski definition) is 2. The lowest BCUT2D eigenvalue weighted by Gasteiger charge is -2.18. The van der Waals surface area contributed by atoms with Crippen LogP contribution in [0.15, 0.2) is 12.7 Å². The molecule has 0 saturated carbocycles. The van der Waals surface area contributed by atoms with Crippen molar-refractivity contribution in [2.24, 2.45) is 7.05 Å². The minimum absolute atomic E-state index is 0.400. The predicted molar refractivity (Wildman–Crippen MR) is 68.5 cm³/mol. The van der Waals surface area contributed by atoms with Gasteiger partial charge >= 0.3 is 0 Å². The van der Waals surface area contributed by atoms with Crippen molar-refractivity contribution in [3.8, 4) is 0 Å². The van der Waals surface area contributed by atoms with Gasteiger partial charge < -0.3 is 5.32 Å². The highest BCUT2D eigenvalue weighted by Crippen LogP contribution is 2.24. The summed E-state index contributed by atoms with van der Waals surface area (Å²) in [7, 11) is 2.00. The van der Waals surface area contributed by atoms with Crippen molar-refractivity contribution < 1.29 is 0 Å². The van der Waals surface area contributed by atoms with Crippen LogP contribution >= 0.6 is 0 Å². The summed E-state index contributed by atoms with van der Waals surface area (Å²) in [6, 6.07) is 0.400. The second-order valence-electron chi connectivity index (χ2n) is 4.18. The molecule has 0 bridgehead atoms. The van der Waals surface area contributed by atoms with E-state index in [1.807, 2.05) is 17.8 Å². The van der Waals surface area contributed by atoms with E-state index in [1.165, 1.54) is 11.3 Å². The van der Waals surface area contributed by atoms with Crippen molar-refractivity contribution in [1.82, 2.24) is 15.1 Å². The van der Waals surface area contributed by atoms with Crippen molar-refractivity contribution in [3.63, 3.8) is 0 Å². The lowest BCUT2D eigenvalue weighted by Crippen LogP contribution is -2.22. The number of aromatic nitrogens is 2. The fourth-order valence-electron chi connectivity index (χ4n) is 2.17. The Morgan fingerprint density at radius 2 is 2.19 bits per heavy atom. The average molecular weight is 221 g/mol. The Labute approximate surface area is 98.5 Å². The summed E-state index contributed by atoms with van der Waals surface area (Å²) in [5.74, 6) is 0. The van der Waals surface area contributed by atoms with Gasteiger partial charge in [-0.1, -0.05) is 13.0 Å². The highest BCUT2D eigenvalue weighted by molar-refractivity contribution is 5.28. The normalized spacial score (nSPS) is 12.8. The van der Waals surface area contributed by atoms with E-state index >= 15 is 0 Å². The van der Waals surface area contributed by atoms with Crippen molar-refractivity contribution >= 4 is 0 Å². The van der Waals surface area contributed by atoms with Gasteiger partial charge in [0, 0.05) is 24.3 Å². The first-order valence-electron chi connectivity index (χ1n) is 5.96. The van der Waals surface area contributed by atoms with Gasteiger partial charge in [0.1, 0.15) is 0 Å². The molecule has 0 saturated heterocycles. The quantitative estimate of drug-likeness (QED) is 0.748. The van der Waals surface area contributed by atoms with Crippen molar-refractivity contribution in [1.29, 1.82) is 0 Å². The Kier molecular flexibility index (Phi) is 4.74. The van der Waals surface area contributed by atoms with Crippen molar-refractivity contribution in [2.75, 3.05) is 6.54 Å². The molecule has 0 aliphatic carbocycles. The van der Waals surface area contributed by atoms with Gasteiger partial charge in [-0.25, -0.2) is 0 Å². The van der Waals surface area contributed by atoms with E-state index in [0.717, 1.165) is 25.1 Å². The molecule has 1 unspecified atom stereocenters. The summed E-state index contributed by atoms with van der Waals surface area (Å²) >= 11 is 0. The van der Waals surface area contributed by atoms with Crippen LogP contribution in [0, 0.1) is 13.8 Å². The standard InChI is InChI=1S/C13H23N3/c1-6-8-9-12(14-7-2)13-10(3)15-16(5)11(13)4/h6,12,14H,1,7-9H2,2-5H3. The van der Waals surface area contributed by atoms with Gasteiger partial charge in [0.15, 0.2) is 0 Å². The first-order chi connectivity index (χ1) is 7.61. The summed E-state index contributed by atoms with van der Waals surface area (Å²) in [4.78, 5) is 0. The molecule has 1 N–H and O–H groups in total. The maximum atomic E-state index is 4.47. The Balaban J connectivity index is 2.94. The van der Waals surface area contributed by atoms with E-state index in [2.05, 4.69) is 37.8 Å². The van der Waals surface area contributed by atoms with Crippen molar-refractivity contribution in [2.45, 2.75) is 39.7 Å². The number of hydrogen-bond donors (Lipinski definition) is 1. The second-order valence-corrected chi connectivity index (χ2v) is 4.18. The number of nitrogens with zero attached hydrogens (tertiary/aromatic N) is 2. The SMILES string of the molecule is C=CCCC(NCC)c1c(C)nn(C)c1C. The Morgan fingerprint density at radius 3 is 2.62 bits per heavy atom. The third-order valence-corrected chi connectivity index (χ3v) is 3.02. The molecule has 0 fully saturated rings. The number of aryl methyl sites for hydroxylation is 2. The Bertz CT molecular complexity index is 352. The zero-order chi connectivity index (χ0) is 12.1. The molecule has 0 radical (unpaired) electrons. The third kappa shape index (κ3) is 2.73. The van der Waals surface area contributed by atoms with Crippen LogP contribution in [0.2, 0.25) is 0 Å². The molecule has 1 aromatic rings. The van der Waals surface area contributed by atoms with E-state index in [1.54, 1.807) is 0 Å². The molecule has 1 atom stereocenters. The summed E-state index contributed by atoms with van der Waals surface area (Å²) in [5, 5.41) is 8.00. The highest BCUT2D eigenvalue weighted by Gasteiger charge is 2.18. The molecule has 1 heterocycles. The zero-order valence-electron chi connectivity index (χ0n) is 10.9. The summed E-state index contributed by atoms with van der Waals surface area (Å²) in [6.45, 7) is 11.1. The lowest BCUT2D eigenvalue weighted by atomic mass is 10.00. The summed E-state index contributed by atoms with van der Waals surface area (Å²) in [6.07, 6.45) is 4.10. The molecule has 1 rings (SSSR count). The largest absolute Gasteiger partial charge is 0.310 e. The van der Waals surface area contributed by atoms with Gasteiger partial charge in [-0.3, -0.25) is 4.68 Å². The molecular formula is C13H23N3. The molecule has 0 aromatic carbocycles. The van der Waals surface area contributed by atoms with Crippen LogP contribution in [-0.2, 0) is 7.05 Å².